The Kier molecular flexibility index (Phi) is 7.88. The van der Waals surface area contributed by atoms with Gasteiger partial charge in [-0.25, -0.2) is 4.79 Å². The smallest absolute Gasteiger partial charge is 0.341 e. The molecule has 0 heterocycles. The summed E-state index contributed by atoms with van der Waals surface area (Å²) < 4.78 is 5.25. The molecule has 0 spiro atoms. The molecule has 2 aromatic rings. The van der Waals surface area contributed by atoms with Crippen molar-refractivity contribution in [2.75, 3.05) is 23.8 Å². The van der Waals surface area contributed by atoms with Gasteiger partial charge in [-0.1, -0.05) is 32.0 Å². The second-order valence-corrected chi connectivity index (χ2v) is 6.92. The first-order valence-corrected chi connectivity index (χ1v) is 9.48. The number of esters is 1. The van der Waals surface area contributed by atoms with Crippen molar-refractivity contribution in [3.05, 3.63) is 63.7 Å². The minimum atomic E-state index is -1.14. The van der Waals surface area contributed by atoms with Crippen molar-refractivity contribution in [3.8, 4) is 0 Å². The van der Waals surface area contributed by atoms with E-state index in [1.807, 2.05) is 26.0 Å². The number of nitro benzene ring substituents is 1. The zero-order chi connectivity index (χ0) is 22.3. The van der Waals surface area contributed by atoms with Crippen molar-refractivity contribution in [2.45, 2.75) is 32.8 Å². The van der Waals surface area contributed by atoms with E-state index >= 15 is 0 Å². The number of hydrogen-bond acceptors (Lipinski definition) is 7. The molecule has 160 valence electrons. The summed E-state index contributed by atoms with van der Waals surface area (Å²) in [6, 6.07) is 11.0. The van der Waals surface area contributed by atoms with Crippen molar-refractivity contribution < 1.29 is 24.4 Å². The summed E-state index contributed by atoms with van der Waals surface area (Å²) in [4.78, 5) is 35.6. The highest BCUT2D eigenvalue weighted by molar-refractivity contribution is 6.00. The lowest BCUT2D eigenvalue weighted by molar-refractivity contribution is -0.384. The SMILES string of the molecule is CC(C)c1ccccc1NC(=O)[C@@H](C)OC(=O)c1cc([N+](=O)[O-])ccc1NCCO. The molecule has 30 heavy (non-hydrogen) atoms. The summed E-state index contributed by atoms with van der Waals surface area (Å²) in [6.45, 7) is 5.36. The Morgan fingerprint density at radius 3 is 2.47 bits per heavy atom. The van der Waals surface area contributed by atoms with Crippen LogP contribution in [0.25, 0.3) is 0 Å². The lowest BCUT2D eigenvalue weighted by Gasteiger charge is -2.18. The van der Waals surface area contributed by atoms with Gasteiger partial charge in [0.15, 0.2) is 6.10 Å². The lowest BCUT2D eigenvalue weighted by Crippen LogP contribution is -2.30. The average molecular weight is 415 g/mol. The summed E-state index contributed by atoms with van der Waals surface area (Å²) in [5.74, 6) is -1.23. The molecule has 1 atom stereocenters. The molecule has 0 saturated carbocycles. The largest absolute Gasteiger partial charge is 0.449 e. The summed E-state index contributed by atoms with van der Waals surface area (Å²) in [5.41, 5.74) is 1.44. The second kappa shape index (κ2) is 10.4. The van der Waals surface area contributed by atoms with Crippen LogP contribution < -0.4 is 10.6 Å². The van der Waals surface area contributed by atoms with Crippen LogP contribution in [0.2, 0.25) is 0 Å². The molecular formula is C21H25N3O6. The number of carbonyl (C=O) groups is 2. The summed E-state index contributed by atoms with van der Waals surface area (Å²) in [5, 5.41) is 25.6. The molecule has 1 amide bonds. The molecule has 3 N–H and O–H groups in total. The van der Waals surface area contributed by atoms with Crippen molar-refractivity contribution in [1.82, 2.24) is 0 Å². The average Bonchev–Trinajstić information content (AvgIpc) is 2.72. The number of para-hydroxylation sites is 1. The van der Waals surface area contributed by atoms with E-state index in [9.17, 15) is 19.7 Å². The minimum Gasteiger partial charge on any atom is -0.449 e. The Balaban J connectivity index is 2.17. The molecule has 0 aliphatic carbocycles. The van der Waals surface area contributed by atoms with Gasteiger partial charge in [-0.15, -0.1) is 0 Å². The molecule has 9 heteroatoms. The number of benzene rings is 2. The first kappa shape index (κ1) is 22.8. The van der Waals surface area contributed by atoms with Gasteiger partial charge in [0.25, 0.3) is 11.6 Å². The lowest BCUT2D eigenvalue weighted by atomic mass is 10.0. The van der Waals surface area contributed by atoms with Crippen LogP contribution in [-0.4, -0.2) is 41.2 Å². The van der Waals surface area contributed by atoms with E-state index in [0.717, 1.165) is 11.6 Å². The molecule has 0 saturated heterocycles. The molecule has 0 fully saturated rings. The van der Waals surface area contributed by atoms with Crippen LogP contribution in [-0.2, 0) is 9.53 Å². The number of anilines is 2. The van der Waals surface area contributed by atoms with Crippen LogP contribution in [0.3, 0.4) is 0 Å². The topological polar surface area (TPSA) is 131 Å². The number of nitro groups is 1. The van der Waals surface area contributed by atoms with E-state index in [2.05, 4.69) is 10.6 Å². The zero-order valence-corrected chi connectivity index (χ0v) is 17.0. The van der Waals surface area contributed by atoms with E-state index in [1.54, 1.807) is 12.1 Å². The number of ether oxygens (including phenoxy) is 1. The van der Waals surface area contributed by atoms with Gasteiger partial charge in [0.1, 0.15) is 0 Å². The molecule has 0 unspecified atom stereocenters. The van der Waals surface area contributed by atoms with Gasteiger partial charge in [0.05, 0.1) is 17.1 Å². The fraction of sp³-hybridized carbons (Fsp3) is 0.333. The maximum atomic E-state index is 12.6. The molecule has 9 nitrogen and oxygen atoms in total. The highest BCUT2D eigenvalue weighted by Crippen LogP contribution is 2.25. The number of carbonyl (C=O) groups excluding carboxylic acids is 2. The van der Waals surface area contributed by atoms with Gasteiger partial charge in [-0.05, 0) is 30.5 Å². The molecule has 0 radical (unpaired) electrons. The highest BCUT2D eigenvalue weighted by atomic mass is 16.6. The predicted octanol–water partition coefficient (Wildman–Crippen LogP) is 3.31. The van der Waals surface area contributed by atoms with Crippen molar-refractivity contribution in [3.63, 3.8) is 0 Å². The van der Waals surface area contributed by atoms with E-state index < -0.39 is 22.9 Å². The fourth-order valence-electron chi connectivity index (χ4n) is 2.79. The van der Waals surface area contributed by atoms with Crippen LogP contribution in [0.15, 0.2) is 42.5 Å². The summed E-state index contributed by atoms with van der Waals surface area (Å²) in [6.07, 6.45) is -1.14. The van der Waals surface area contributed by atoms with E-state index in [-0.39, 0.29) is 36.0 Å². The Bertz CT molecular complexity index is 929. The standard InChI is InChI=1S/C21H25N3O6/c1-13(2)16-6-4-5-7-19(16)23-20(26)14(3)30-21(27)17-12-15(24(28)29)8-9-18(17)22-10-11-25/h4-9,12-14,22,25H,10-11H2,1-3H3,(H,23,26)/t14-/m1/s1. The van der Waals surface area contributed by atoms with Gasteiger partial charge in [0, 0.05) is 30.1 Å². The Hall–Kier alpha value is -3.46. The normalized spacial score (nSPS) is 11.6. The number of nitrogens with one attached hydrogen (secondary N) is 2. The highest BCUT2D eigenvalue weighted by Gasteiger charge is 2.24. The number of non-ortho nitro benzene ring substituents is 1. The second-order valence-electron chi connectivity index (χ2n) is 6.92. The summed E-state index contributed by atoms with van der Waals surface area (Å²) >= 11 is 0. The van der Waals surface area contributed by atoms with Gasteiger partial charge in [-0.2, -0.15) is 0 Å². The fourth-order valence-corrected chi connectivity index (χ4v) is 2.79. The van der Waals surface area contributed by atoms with E-state index in [4.69, 9.17) is 9.84 Å². The van der Waals surface area contributed by atoms with Crippen molar-refractivity contribution in [1.29, 1.82) is 0 Å². The maximum absolute atomic E-state index is 12.6. The number of amides is 1. The van der Waals surface area contributed by atoms with E-state index in [1.165, 1.54) is 19.1 Å². The van der Waals surface area contributed by atoms with E-state index in [0.29, 0.717) is 5.69 Å². The van der Waals surface area contributed by atoms with Gasteiger partial charge < -0.3 is 20.5 Å². The third-order valence-electron chi connectivity index (χ3n) is 4.35. The van der Waals surface area contributed by atoms with Crippen LogP contribution in [0.1, 0.15) is 42.6 Å². The maximum Gasteiger partial charge on any atom is 0.341 e. The Morgan fingerprint density at radius 1 is 1.13 bits per heavy atom. The molecular weight excluding hydrogens is 390 g/mol. The van der Waals surface area contributed by atoms with Gasteiger partial charge >= 0.3 is 5.97 Å². The zero-order valence-electron chi connectivity index (χ0n) is 17.0. The number of rotatable bonds is 9. The number of aliphatic hydroxyl groups excluding tert-OH is 1. The molecule has 0 aliphatic heterocycles. The van der Waals surface area contributed by atoms with Crippen LogP contribution in [0, 0.1) is 10.1 Å². The Morgan fingerprint density at radius 2 is 1.83 bits per heavy atom. The molecule has 0 aromatic heterocycles. The number of hydrogen-bond donors (Lipinski definition) is 3. The minimum absolute atomic E-state index is 0.0973. The number of nitrogens with zero attached hydrogens (tertiary/aromatic N) is 1. The Labute approximate surface area is 174 Å². The van der Waals surface area contributed by atoms with Gasteiger partial charge in [-0.3, -0.25) is 14.9 Å². The molecule has 0 aliphatic rings. The first-order valence-electron chi connectivity index (χ1n) is 9.48. The summed E-state index contributed by atoms with van der Waals surface area (Å²) in [7, 11) is 0. The quantitative estimate of drug-likeness (QED) is 0.325. The number of aliphatic hydroxyl groups is 1. The van der Waals surface area contributed by atoms with Crippen LogP contribution in [0.5, 0.6) is 0 Å². The third kappa shape index (κ3) is 5.77. The van der Waals surface area contributed by atoms with Crippen LogP contribution in [0.4, 0.5) is 17.1 Å². The molecule has 0 bridgehead atoms. The molecule has 2 aromatic carbocycles. The van der Waals surface area contributed by atoms with Crippen LogP contribution >= 0.6 is 0 Å². The molecule has 2 rings (SSSR count). The van der Waals surface area contributed by atoms with Gasteiger partial charge in [0.2, 0.25) is 0 Å². The van der Waals surface area contributed by atoms with Crippen molar-refractivity contribution >= 4 is 28.9 Å². The first-order chi connectivity index (χ1) is 14.2. The monoisotopic (exact) mass is 415 g/mol. The predicted molar refractivity (Wildman–Crippen MR) is 113 cm³/mol. The third-order valence-corrected chi connectivity index (χ3v) is 4.35. The van der Waals surface area contributed by atoms with Crippen molar-refractivity contribution in [2.24, 2.45) is 0 Å².